The molecule has 1 aliphatic heterocycles. The average molecular weight is 431 g/mol. The molecule has 160 valence electrons. The zero-order chi connectivity index (χ0) is 22.1. The number of hydrogen-bond donors (Lipinski definition) is 0. The third-order valence-electron chi connectivity index (χ3n) is 4.34. The maximum absolute atomic E-state index is 13.4. The molecule has 0 radical (unpaired) electrons. The largest absolute Gasteiger partial charge is 0.471 e. The summed E-state index contributed by atoms with van der Waals surface area (Å²) in [6.07, 6.45) is 2.70. The van der Waals surface area contributed by atoms with Crippen LogP contribution in [0.25, 0.3) is 6.08 Å². The van der Waals surface area contributed by atoms with Gasteiger partial charge in [-0.1, -0.05) is 24.8 Å². The molecule has 3 rings (SSSR count). The van der Waals surface area contributed by atoms with Gasteiger partial charge < -0.3 is 9.47 Å². The van der Waals surface area contributed by atoms with Crippen LogP contribution in [0.1, 0.15) is 38.8 Å². The number of fused-ring (bicyclic) bond motifs is 1. The van der Waals surface area contributed by atoms with Gasteiger partial charge >= 0.3 is 5.97 Å². The van der Waals surface area contributed by atoms with Crippen LogP contribution in [0.4, 0.5) is 5.69 Å². The fraction of sp³-hybridized carbons (Fsp3) is 0.364. The Morgan fingerprint density at radius 2 is 2.10 bits per heavy atom. The number of carbonyl (C=O) groups is 1. The van der Waals surface area contributed by atoms with E-state index in [9.17, 15) is 13.2 Å². The molecule has 1 aromatic heterocycles. The molecular weight excluding hydrogens is 404 g/mol. The molecule has 8 heteroatoms. The molecule has 0 N–H and O–H groups in total. The van der Waals surface area contributed by atoms with Crippen molar-refractivity contribution < 1.29 is 22.7 Å². The minimum absolute atomic E-state index is 0.0209. The lowest BCUT2D eigenvalue weighted by molar-refractivity contribution is -0.153. The van der Waals surface area contributed by atoms with E-state index in [-0.39, 0.29) is 29.8 Å². The second-order valence-electron chi connectivity index (χ2n) is 8.17. The standard InChI is InChI=1S/C22H26N2O5S/c1-6-16-8-7-9-18(10-16)30(26,27)24-14-15(2)28-21-19(24)11-17(13-23-21)12-20(25)29-22(3,4)5/h6-11,13,15H,1,12,14H2,2-5H3/t15-/m0/s1. The van der Waals surface area contributed by atoms with Crippen LogP contribution >= 0.6 is 0 Å². The van der Waals surface area contributed by atoms with Crippen LogP contribution < -0.4 is 9.04 Å². The van der Waals surface area contributed by atoms with Crippen molar-refractivity contribution >= 4 is 27.8 Å². The molecule has 0 unspecified atom stereocenters. The Morgan fingerprint density at radius 3 is 2.77 bits per heavy atom. The minimum Gasteiger partial charge on any atom is -0.471 e. The SMILES string of the molecule is C=Cc1cccc(S(=O)(=O)N2C[C@H](C)Oc3ncc(CC(=O)OC(C)(C)C)cc32)c1. The Morgan fingerprint density at radius 1 is 1.37 bits per heavy atom. The molecule has 1 atom stereocenters. The lowest BCUT2D eigenvalue weighted by Crippen LogP contribution is -2.42. The highest BCUT2D eigenvalue weighted by molar-refractivity contribution is 7.92. The lowest BCUT2D eigenvalue weighted by Gasteiger charge is -2.33. The van der Waals surface area contributed by atoms with Crippen molar-refractivity contribution in [1.82, 2.24) is 4.98 Å². The normalized spacial score (nSPS) is 16.4. The summed E-state index contributed by atoms with van der Waals surface area (Å²) in [7, 11) is -3.87. The second-order valence-corrected chi connectivity index (χ2v) is 10.0. The van der Waals surface area contributed by atoms with Crippen LogP contribution in [0.15, 0.2) is 48.0 Å². The Balaban J connectivity index is 1.98. The van der Waals surface area contributed by atoms with E-state index in [1.807, 2.05) is 0 Å². The number of pyridine rings is 1. The first kappa shape index (κ1) is 21.8. The average Bonchev–Trinajstić information content (AvgIpc) is 2.66. The first-order valence-electron chi connectivity index (χ1n) is 9.62. The molecule has 1 aliphatic rings. The van der Waals surface area contributed by atoms with Gasteiger partial charge in [0.05, 0.1) is 17.9 Å². The Bertz CT molecular complexity index is 1070. The predicted molar refractivity (Wildman–Crippen MR) is 115 cm³/mol. The van der Waals surface area contributed by atoms with Crippen molar-refractivity contribution in [2.75, 3.05) is 10.8 Å². The summed E-state index contributed by atoms with van der Waals surface area (Å²) in [6.45, 7) is 11.0. The van der Waals surface area contributed by atoms with E-state index in [4.69, 9.17) is 9.47 Å². The fourth-order valence-corrected chi connectivity index (χ4v) is 4.70. The Labute approximate surface area is 177 Å². The number of sulfonamides is 1. The van der Waals surface area contributed by atoms with Crippen molar-refractivity contribution in [2.24, 2.45) is 0 Å². The number of hydrogen-bond acceptors (Lipinski definition) is 6. The number of carbonyl (C=O) groups excluding carboxylic acids is 1. The monoisotopic (exact) mass is 430 g/mol. The topological polar surface area (TPSA) is 85.8 Å². The summed E-state index contributed by atoms with van der Waals surface area (Å²) in [5, 5.41) is 0. The van der Waals surface area contributed by atoms with Crippen molar-refractivity contribution in [3.05, 3.63) is 54.2 Å². The Kier molecular flexibility index (Phi) is 5.90. The number of rotatable bonds is 5. The van der Waals surface area contributed by atoms with Crippen LogP contribution in [0.3, 0.4) is 0 Å². The highest BCUT2D eigenvalue weighted by Crippen LogP contribution is 2.36. The number of esters is 1. The molecule has 0 aliphatic carbocycles. The smallest absolute Gasteiger partial charge is 0.310 e. The molecule has 0 amide bonds. The van der Waals surface area contributed by atoms with Crippen LogP contribution in [-0.4, -0.2) is 37.6 Å². The van der Waals surface area contributed by atoms with Gasteiger partial charge in [0.2, 0.25) is 5.88 Å². The number of nitrogens with zero attached hydrogens (tertiary/aromatic N) is 2. The molecule has 2 aromatic rings. The maximum atomic E-state index is 13.4. The Hall–Kier alpha value is -2.87. The fourth-order valence-electron chi connectivity index (χ4n) is 3.11. The summed E-state index contributed by atoms with van der Waals surface area (Å²) < 4.78 is 39.2. The van der Waals surface area contributed by atoms with E-state index < -0.39 is 21.6 Å². The number of ether oxygens (including phenoxy) is 2. The predicted octanol–water partition coefficient (Wildman–Crippen LogP) is 3.59. The molecular formula is C22H26N2O5S. The van der Waals surface area contributed by atoms with Gasteiger partial charge in [-0.25, -0.2) is 13.4 Å². The molecule has 1 aromatic carbocycles. The first-order valence-corrected chi connectivity index (χ1v) is 11.1. The summed E-state index contributed by atoms with van der Waals surface area (Å²) in [5.74, 6) is -0.201. The first-order chi connectivity index (χ1) is 14.0. The van der Waals surface area contributed by atoms with Gasteiger partial charge in [-0.15, -0.1) is 0 Å². The number of benzene rings is 1. The number of aromatic nitrogens is 1. The van der Waals surface area contributed by atoms with Crippen molar-refractivity contribution in [3.63, 3.8) is 0 Å². The van der Waals surface area contributed by atoms with Gasteiger partial charge in [-0.2, -0.15) is 0 Å². The quantitative estimate of drug-likeness (QED) is 0.674. The highest BCUT2D eigenvalue weighted by Gasteiger charge is 2.34. The minimum atomic E-state index is -3.87. The molecule has 7 nitrogen and oxygen atoms in total. The summed E-state index contributed by atoms with van der Waals surface area (Å²) in [6, 6.07) is 8.18. The zero-order valence-electron chi connectivity index (χ0n) is 17.6. The molecule has 0 saturated carbocycles. The van der Waals surface area contributed by atoms with Crippen LogP contribution in [0.2, 0.25) is 0 Å². The summed E-state index contributed by atoms with van der Waals surface area (Å²) in [4.78, 5) is 16.6. The van der Waals surface area contributed by atoms with E-state index in [1.165, 1.54) is 10.5 Å². The molecule has 0 spiro atoms. The lowest BCUT2D eigenvalue weighted by atomic mass is 10.1. The summed E-state index contributed by atoms with van der Waals surface area (Å²) in [5.41, 5.74) is 0.941. The van der Waals surface area contributed by atoms with E-state index in [0.717, 1.165) is 0 Å². The highest BCUT2D eigenvalue weighted by atomic mass is 32.2. The van der Waals surface area contributed by atoms with Crippen LogP contribution in [0.5, 0.6) is 5.88 Å². The van der Waals surface area contributed by atoms with Gasteiger partial charge in [0, 0.05) is 6.20 Å². The van der Waals surface area contributed by atoms with Gasteiger partial charge in [-0.05, 0) is 57.0 Å². The van der Waals surface area contributed by atoms with E-state index >= 15 is 0 Å². The van der Waals surface area contributed by atoms with Gasteiger partial charge in [-0.3, -0.25) is 9.10 Å². The third kappa shape index (κ3) is 4.81. The zero-order valence-corrected chi connectivity index (χ0v) is 18.4. The van der Waals surface area contributed by atoms with E-state index in [2.05, 4.69) is 11.6 Å². The molecule has 0 saturated heterocycles. The van der Waals surface area contributed by atoms with Gasteiger partial charge in [0.15, 0.2) is 0 Å². The van der Waals surface area contributed by atoms with E-state index in [0.29, 0.717) is 16.8 Å². The summed E-state index contributed by atoms with van der Waals surface area (Å²) >= 11 is 0. The maximum Gasteiger partial charge on any atom is 0.310 e. The van der Waals surface area contributed by atoms with E-state index in [1.54, 1.807) is 64.1 Å². The van der Waals surface area contributed by atoms with Crippen molar-refractivity contribution in [3.8, 4) is 5.88 Å². The van der Waals surface area contributed by atoms with Gasteiger partial charge in [0.1, 0.15) is 17.4 Å². The van der Waals surface area contributed by atoms with Crippen molar-refractivity contribution in [1.29, 1.82) is 0 Å². The van der Waals surface area contributed by atoms with Crippen LogP contribution in [-0.2, 0) is 26.0 Å². The molecule has 0 bridgehead atoms. The molecule has 2 heterocycles. The van der Waals surface area contributed by atoms with Gasteiger partial charge in [0.25, 0.3) is 10.0 Å². The third-order valence-corrected chi connectivity index (χ3v) is 6.12. The number of anilines is 1. The van der Waals surface area contributed by atoms with Crippen LogP contribution in [0, 0.1) is 0 Å². The molecule has 0 fully saturated rings. The van der Waals surface area contributed by atoms with Crippen molar-refractivity contribution in [2.45, 2.75) is 50.7 Å². The second kappa shape index (κ2) is 8.10. The molecule has 30 heavy (non-hydrogen) atoms.